The zero-order valence-corrected chi connectivity index (χ0v) is 12.9. The number of ether oxygens (including phenoxy) is 1. The summed E-state index contributed by atoms with van der Waals surface area (Å²) in [7, 11) is 0. The van der Waals surface area contributed by atoms with E-state index < -0.39 is 11.9 Å². The van der Waals surface area contributed by atoms with Crippen LogP contribution in [-0.2, 0) is 4.79 Å². The summed E-state index contributed by atoms with van der Waals surface area (Å²) < 4.78 is 5.70. The summed E-state index contributed by atoms with van der Waals surface area (Å²) in [5.74, 6) is 1.83. The van der Waals surface area contributed by atoms with E-state index in [9.17, 15) is 4.79 Å². The highest BCUT2D eigenvalue weighted by atomic mass is 16.5. The first-order chi connectivity index (χ1) is 11.1. The molecule has 118 valence electrons. The number of rotatable bonds is 9. The van der Waals surface area contributed by atoms with Crippen molar-refractivity contribution in [3.8, 4) is 18.1 Å². The number of carboxylic acid groups (broad SMARTS) is 1. The zero-order valence-electron chi connectivity index (χ0n) is 12.9. The van der Waals surface area contributed by atoms with Crippen LogP contribution in [0.2, 0.25) is 0 Å². The molecule has 3 heteroatoms. The van der Waals surface area contributed by atoms with Gasteiger partial charge in [-0.2, -0.15) is 0 Å². The van der Waals surface area contributed by atoms with Crippen molar-refractivity contribution >= 4 is 5.97 Å². The summed E-state index contributed by atoms with van der Waals surface area (Å²) in [6.45, 7) is 7.69. The van der Waals surface area contributed by atoms with Gasteiger partial charge in [0.25, 0.3) is 0 Å². The summed E-state index contributed by atoms with van der Waals surface area (Å²) in [4.78, 5) is 10.8. The van der Waals surface area contributed by atoms with Crippen LogP contribution in [0.15, 0.2) is 73.4 Å². The van der Waals surface area contributed by atoms with Gasteiger partial charge in [-0.1, -0.05) is 61.6 Å². The molecule has 0 amide bonds. The Morgan fingerprint density at radius 1 is 1.30 bits per heavy atom. The number of aliphatic carboxylic acids is 1. The molecular formula is C20H20O3. The molecule has 0 fully saturated rings. The van der Waals surface area contributed by atoms with Crippen LogP contribution < -0.4 is 4.74 Å². The van der Waals surface area contributed by atoms with Gasteiger partial charge >= 0.3 is 5.97 Å². The van der Waals surface area contributed by atoms with Crippen LogP contribution in [-0.4, -0.2) is 17.7 Å². The molecule has 1 atom stereocenters. The molecule has 0 saturated carbocycles. The van der Waals surface area contributed by atoms with Crippen molar-refractivity contribution in [3.05, 3.63) is 78.9 Å². The normalized spacial score (nSPS) is 12.4. The second kappa shape index (κ2) is 9.86. The van der Waals surface area contributed by atoms with E-state index in [4.69, 9.17) is 16.3 Å². The van der Waals surface area contributed by atoms with E-state index in [1.54, 1.807) is 36.4 Å². The monoisotopic (exact) mass is 308 g/mol. The third-order valence-electron chi connectivity index (χ3n) is 3.05. The fraction of sp³-hybridized carbons (Fsp3) is 0.150. The Hall–Kier alpha value is -2.99. The van der Waals surface area contributed by atoms with Crippen molar-refractivity contribution in [3.63, 3.8) is 0 Å². The summed E-state index contributed by atoms with van der Waals surface area (Å²) in [5.41, 5.74) is 1.74. The lowest BCUT2D eigenvalue weighted by Crippen LogP contribution is -2.04. The molecule has 0 aromatic heterocycles. The van der Waals surface area contributed by atoms with Gasteiger partial charge in [0.15, 0.2) is 0 Å². The Labute approximate surface area is 137 Å². The molecule has 0 radical (unpaired) electrons. The minimum atomic E-state index is -0.915. The van der Waals surface area contributed by atoms with Crippen molar-refractivity contribution in [1.82, 2.24) is 0 Å². The van der Waals surface area contributed by atoms with Crippen molar-refractivity contribution in [1.29, 1.82) is 0 Å². The quantitative estimate of drug-likeness (QED) is 0.551. The fourth-order valence-electron chi connectivity index (χ4n) is 1.91. The average molecular weight is 308 g/mol. The van der Waals surface area contributed by atoms with Gasteiger partial charge in [0.1, 0.15) is 12.4 Å². The molecule has 1 unspecified atom stereocenters. The smallest absolute Gasteiger partial charge is 0.304 e. The summed E-state index contributed by atoms with van der Waals surface area (Å²) in [6.07, 6.45) is 14.3. The predicted octanol–water partition coefficient (Wildman–Crippen LogP) is 4.11. The Bertz CT molecular complexity index is 642. The van der Waals surface area contributed by atoms with Crippen molar-refractivity contribution in [2.24, 2.45) is 0 Å². The Kier molecular flexibility index (Phi) is 7.74. The number of benzene rings is 1. The molecule has 1 aromatic rings. The van der Waals surface area contributed by atoms with Gasteiger partial charge in [-0.3, -0.25) is 4.79 Å². The number of hydrogen-bond donors (Lipinski definition) is 1. The Morgan fingerprint density at radius 2 is 2.00 bits per heavy atom. The van der Waals surface area contributed by atoms with E-state index in [1.807, 2.05) is 18.2 Å². The highest BCUT2D eigenvalue weighted by Crippen LogP contribution is 2.22. The van der Waals surface area contributed by atoms with Crippen LogP contribution in [0.3, 0.4) is 0 Å². The number of allylic oxidation sites excluding steroid dienone is 4. The van der Waals surface area contributed by atoms with Gasteiger partial charge in [-0.05, 0) is 23.3 Å². The summed E-state index contributed by atoms with van der Waals surface area (Å²) >= 11 is 0. The average Bonchev–Trinajstić information content (AvgIpc) is 2.55. The third kappa shape index (κ3) is 6.54. The zero-order chi connectivity index (χ0) is 17.1. The van der Waals surface area contributed by atoms with Crippen LogP contribution in [0.1, 0.15) is 17.9 Å². The third-order valence-corrected chi connectivity index (χ3v) is 3.05. The molecule has 1 aromatic carbocycles. The first kappa shape index (κ1) is 18.1. The molecule has 0 heterocycles. The second-order valence-corrected chi connectivity index (χ2v) is 4.75. The Morgan fingerprint density at radius 3 is 2.52 bits per heavy atom. The SMILES string of the molecule is C#CC(CC(=O)O)c1ccc(OCC(/C=C\C=C)=C/C=C)cc1. The van der Waals surface area contributed by atoms with Gasteiger partial charge in [-0.15, -0.1) is 6.42 Å². The lowest BCUT2D eigenvalue weighted by atomic mass is 9.97. The number of carboxylic acids is 1. The molecule has 0 aliphatic carbocycles. The van der Waals surface area contributed by atoms with Crippen LogP contribution in [0, 0.1) is 12.3 Å². The summed E-state index contributed by atoms with van der Waals surface area (Å²) in [6, 6.07) is 7.15. The minimum absolute atomic E-state index is 0.0880. The van der Waals surface area contributed by atoms with Crippen molar-refractivity contribution in [2.75, 3.05) is 6.61 Å². The van der Waals surface area contributed by atoms with Gasteiger partial charge in [0, 0.05) is 0 Å². The lowest BCUT2D eigenvalue weighted by Gasteiger charge is -2.11. The van der Waals surface area contributed by atoms with Gasteiger partial charge in [0.2, 0.25) is 0 Å². The van der Waals surface area contributed by atoms with E-state index in [-0.39, 0.29) is 6.42 Å². The van der Waals surface area contributed by atoms with Crippen LogP contribution in [0.25, 0.3) is 0 Å². The van der Waals surface area contributed by atoms with Gasteiger partial charge in [0.05, 0.1) is 12.3 Å². The van der Waals surface area contributed by atoms with E-state index in [2.05, 4.69) is 19.1 Å². The maximum Gasteiger partial charge on any atom is 0.304 e. The maximum atomic E-state index is 10.8. The standard InChI is InChI=1S/C20H20O3/c1-4-7-9-16(8-5-2)15-23-19-12-10-18(11-13-19)17(6-3)14-20(21)22/h3-5,7-13,17H,1-2,14-15H2,(H,21,22)/b9-7-,16-8+. The molecule has 0 spiro atoms. The molecule has 3 nitrogen and oxygen atoms in total. The van der Waals surface area contributed by atoms with E-state index in [1.165, 1.54) is 0 Å². The highest BCUT2D eigenvalue weighted by Gasteiger charge is 2.12. The highest BCUT2D eigenvalue weighted by molar-refractivity contribution is 5.68. The van der Waals surface area contributed by atoms with Crippen LogP contribution >= 0.6 is 0 Å². The first-order valence-electron chi connectivity index (χ1n) is 7.12. The number of hydrogen-bond acceptors (Lipinski definition) is 2. The number of terminal acetylenes is 1. The van der Waals surface area contributed by atoms with E-state index in [0.717, 1.165) is 11.1 Å². The van der Waals surface area contributed by atoms with Gasteiger partial charge in [-0.25, -0.2) is 0 Å². The van der Waals surface area contributed by atoms with Crippen LogP contribution in [0.5, 0.6) is 5.75 Å². The molecule has 1 rings (SSSR count). The fourth-order valence-corrected chi connectivity index (χ4v) is 1.91. The molecule has 23 heavy (non-hydrogen) atoms. The topological polar surface area (TPSA) is 46.5 Å². The van der Waals surface area contributed by atoms with E-state index in [0.29, 0.717) is 12.4 Å². The predicted molar refractivity (Wildman–Crippen MR) is 93.4 cm³/mol. The molecule has 0 aliphatic heterocycles. The number of carbonyl (C=O) groups is 1. The first-order valence-corrected chi connectivity index (χ1v) is 7.12. The lowest BCUT2D eigenvalue weighted by molar-refractivity contribution is -0.137. The minimum Gasteiger partial charge on any atom is -0.489 e. The maximum absolute atomic E-state index is 10.8. The molecule has 0 aliphatic rings. The van der Waals surface area contributed by atoms with Crippen molar-refractivity contribution < 1.29 is 14.6 Å². The second-order valence-electron chi connectivity index (χ2n) is 4.75. The summed E-state index contributed by atoms with van der Waals surface area (Å²) in [5, 5.41) is 8.85. The van der Waals surface area contributed by atoms with Crippen LogP contribution in [0.4, 0.5) is 0 Å². The molecule has 1 N–H and O–H groups in total. The van der Waals surface area contributed by atoms with Crippen molar-refractivity contribution in [2.45, 2.75) is 12.3 Å². The molecule has 0 bridgehead atoms. The molecular weight excluding hydrogens is 288 g/mol. The largest absolute Gasteiger partial charge is 0.489 e. The molecule has 0 saturated heterocycles. The Balaban J connectivity index is 2.73. The van der Waals surface area contributed by atoms with Gasteiger partial charge < -0.3 is 9.84 Å². The van der Waals surface area contributed by atoms with E-state index >= 15 is 0 Å².